The van der Waals surface area contributed by atoms with Gasteiger partial charge in [0.1, 0.15) is 0 Å². The van der Waals surface area contributed by atoms with Gasteiger partial charge in [-0.3, -0.25) is 0 Å². The van der Waals surface area contributed by atoms with E-state index >= 15 is 0 Å². The molecule has 2 aromatic heterocycles. The molecule has 0 bridgehead atoms. The first kappa shape index (κ1) is 8.88. The Hall–Kier alpha value is -1.70. The number of nitrogens with one attached hydrogen (secondary N) is 1. The van der Waals surface area contributed by atoms with Gasteiger partial charge in [-0.05, 0) is 0 Å². The van der Waals surface area contributed by atoms with Crippen LogP contribution in [0.15, 0.2) is 10.9 Å². The van der Waals surface area contributed by atoms with E-state index in [4.69, 9.17) is 10.3 Å². The zero-order valence-corrected chi connectivity index (χ0v) is 7.99. The fourth-order valence-electron chi connectivity index (χ4n) is 0.889. The maximum absolute atomic E-state index is 5.35. The molecule has 0 aromatic carbocycles. The Morgan fingerprint density at radius 3 is 3.14 bits per heavy atom. The molecule has 7 nitrogen and oxygen atoms in total. The number of hydrogen-bond acceptors (Lipinski definition) is 8. The molecular weight excluding hydrogens is 204 g/mol. The van der Waals surface area contributed by atoms with Gasteiger partial charge in [0.05, 0.1) is 0 Å². The molecular formula is C6H8N6OS. The average Bonchev–Trinajstić information content (AvgIpc) is 2.77. The van der Waals surface area contributed by atoms with Gasteiger partial charge in [-0.1, -0.05) is 5.16 Å². The molecule has 0 fully saturated rings. The molecule has 0 aliphatic rings. The summed E-state index contributed by atoms with van der Waals surface area (Å²) in [5.41, 5.74) is 5.35. The Labute approximate surface area is 83.5 Å². The van der Waals surface area contributed by atoms with Crippen molar-refractivity contribution < 1.29 is 4.52 Å². The van der Waals surface area contributed by atoms with Crippen LogP contribution in [0.5, 0.6) is 0 Å². The van der Waals surface area contributed by atoms with E-state index in [9.17, 15) is 0 Å². The standard InChI is InChI=1S/C6H8N6OS/c7-5-11-6(14-12-5)8-2-1-4-9-3-10-13-4/h3H,1-2H2,(H3,7,8,11,12). The van der Waals surface area contributed by atoms with Crippen molar-refractivity contribution in [3.63, 3.8) is 0 Å². The Balaban J connectivity index is 1.78. The summed E-state index contributed by atoms with van der Waals surface area (Å²) < 4.78 is 8.64. The minimum absolute atomic E-state index is 0.287. The molecule has 0 radical (unpaired) electrons. The molecule has 2 aromatic rings. The lowest BCUT2D eigenvalue weighted by molar-refractivity contribution is 0.380. The van der Waals surface area contributed by atoms with Crippen molar-refractivity contribution in [2.24, 2.45) is 0 Å². The summed E-state index contributed by atoms with van der Waals surface area (Å²) in [6.45, 7) is 0.664. The van der Waals surface area contributed by atoms with Crippen LogP contribution in [-0.2, 0) is 6.42 Å². The molecule has 74 valence electrons. The molecule has 0 saturated heterocycles. The normalized spacial score (nSPS) is 10.3. The van der Waals surface area contributed by atoms with E-state index in [1.54, 1.807) is 0 Å². The lowest BCUT2D eigenvalue weighted by Gasteiger charge is -1.96. The van der Waals surface area contributed by atoms with Gasteiger partial charge in [0.25, 0.3) is 0 Å². The predicted molar refractivity (Wildman–Crippen MR) is 50.8 cm³/mol. The second kappa shape index (κ2) is 4.01. The number of nitrogens with zero attached hydrogens (tertiary/aromatic N) is 4. The van der Waals surface area contributed by atoms with E-state index in [-0.39, 0.29) is 5.95 Å². The zero-order chi connectivity index (χ0) is 9.80. The van der Waals surface area contributed by atoms with Crippen molar-refractivity contribution in [1.29, 1.82) is 0 Å². The van der Waals surface area contributed by atoms with Crippen molar-refractivity contribution in [3.05, 3.63) is 12.2 Å². The number of hydrogen-bond donors (Lipinski definition) is 2. The number of nitrogen functional groups attached to an aromatic ring is 1. The monoisotopic (exact) mass is 212 g/mol. The molecule has 0 atom stereocenters. The van der Waals surface area contributed by atoms with E-state index < -0.39 is 0 Å². The van der Waals surface area contributed by atoms with Crippen LogP contribution in [0.25, 0.3) is 0 Å². The first-order valence-electron chi connectivity index (χ1n) is 3.93. The summed E-state index contributed by atoms with van der Waals surface area (Å²) in [7, 11) is 0. The minimum atomic E-state index is 0.287. The summed E-state index contributed by atoms with van der Waals surface area (Å²) in [5, 5.41) is 7.23. The largest absolute Gasteiger partial charge is 0.367 e. The average molecular weight is 212 g/mol. The molecule has 8 heteroatoms. The van der Waals surface area contributed by atoms with Crippen molar-refractivity contribution in [1.82, 2.24) is 19.5 Å². The van der Waals surface area contributed by atoms with Crippen molar-refractivity contribution in [2.75, 3.05) is 17.6 Å². The van der Waals surface area contributed by atoms with E-state index in [0.717, 1.165) is 0 Å². The Morgan fingerprint density at radius 1 is 1.57 bits per heavy atom. The number of aromatic nitrogens is 4. The van der Waals surface area contributed by atoms with Crippen LogP contribution in [0, 0.1) is 0 Å². The van der Waals surface area contributed by atoms with Gasteiger partial charge < -0.3 is 15.6 Å². The molecule has 2 rings (SSSR count). The maximum Gasteiger partial charge on any atom is 0.233 e. The maximum atomic E-state index is 5.35. The molecule has 3 N–H and O–H groups in total. The third-order valence-electron chi connectivity index (χ3n) is 1.46. The van der Waals surface area contributed by atoms with E-state index in [0.29, 0.717) is 24.0 Å². The Morgan fingerprint density at radius 2 is 2.50 bits per heavy atom. The zero-order valence-electron chi connectivity index (χ0n) is 7.17. The SMILES string of the molecule is Nc1nsc(NCCc2ncno2)n1. The molecule has 0 aliphatic carbocycles. The fourth-order valence-corrected chi connectivity index (χ4v) is 1.41. The Kier molecular flexibility index (Phi) is 2.54. The summed E-state index contributed by atoms with van der Waals surface area (Å²) >= 11 is 1.22. The van der Waals surface area contributed by atoms with Gasteiger partial charge in [-0.25, -0.2) is 0 Å². The number of nitrogens with two attached hydrogens (primary N) is 1. The number of rotatable bonds is 4. The third kappa shape index (κ3) is 2.16. The summed E-state index contributed by atoms with van der Waals surface area (Å²) in [4.78, 5) is 7.81. The molecule has 2 heterocycles. The van der Waals surface area contributed by atoms with Crippen LogP contribution in [0.3, 0.4) is 0 Å². The van der Waals surface area contributed by atoms with Crippen LogP contribution in [0.4, 0.5) is 11.1 Å². The second-order valence-electron chi connectivity index (χ2n) is 2.47. The van der Waals surface area contributed by atoms with Crippen LogP contribution < -0.4 is 11.1 Å². The summed E-state index contributed by atoms with van der Waals surface area (Å²) in [6.07, 6.45) is 2.03. The first-order valence-corrected chi connectivity index (χ1v) is 4.70. The van der Waals surface area contributed by atoms with Gasteiger partial charge in [-0.2, -0.15) is 14.3 Å². The lowest BCUT2D eigenvalue weighted by Crippen LogP contribution is -2.04. The molecule has 14 heavy (non-hydrogen) atoms. The highest BCUT2D eigenvalue weighted by Gasteiger charge is 2.01. The van der Waals surface area contributed by atoms with Crippen molar-refractivity contribution in [3.8, 4) is 0 Å². The third-order valence-corrected chi connectivity index (χ3v) is 2.15. The molecule has 0 spiro atoms. The summed E-state index contributed by atoms with van der Waals surface area (Å²) in [5.74, 6) is 0.880. The topological polar surface area (TPSA) is 103 Å². The van der Waals surface area contributed by atoms with Gasteiger partial charge >= 0.3 is 0 Å². The highest BCUT2D eigenvalue weighted by Crippen LogP contribution is 2.11. The van der Waals surface area contributed by atoms with Gasteiger partial charge in [0.15, 0.2) is 6.33 Å². The van der Waals surface area contributed by atoms with E-state index in [1.807, 2.05) is 0 Å². The molecule has 0 aliphatic heterocycles. The Bertz CT molecular complexity index is 385. The van der Waals surface area contributed by atoms with Gasteiger partial charge in [-0.15, -0.1) is 0 Å². The molecule has 0 saturated carbocycles. The van der Waals surface area contributed by atoms with Crippen molar-refractivity contribution >= 4 is 22.6 Å². The van der Waals surface area contributed by atoms with E-state index in [2.05, 4.69) is 24.8 Å². The van der Waals surface area contributed by atoms with Crippen molar-refractivity contribution in [2.45, 2.75) is 6.42 Å². The lowest BCUT2D eigenvalue weighted by atomic mass is 10.4. The smallest absolute Gasteiger partial charge is 0.233 e. The quantitative estimate of drug-likeness (QED) is 0.743. The second-order valence-corrected chi connectivity index (χ2v) is 3.22. The number of anilines is 2. The molecule has 0 amide bonds. The van der Waals surface area contributed by atoms with Gasteiger partial charge in [0, 0.05) is 24.5 Å². The van der Waals surface area contributed by atoms with Crippen LogP contribution >= 0.6 is 11.5 Å². The molecule has 0 unspecified atom stereocenters. The first-order chi connectivity index (χ1) is 6.84. The minimum Gasteiger partial charge on any atom is -0.367 e. The van der Waals surface area contributed by atoms with Crippen LogP contribution in [0.2, 0.25) is 0 Å². The van der Waals surface area contributed by atoms with Crippen LogP contribution in [0.1, 0.15) is 5.89 Å². The summed E-state index contributed by atoms with van der Waals surface area (Å²) in [6, 6.07) is 0. The fraction of sp³-hybridized carbons (Fsp3) is 0.333. The van der Waals surface area contributed by atoms with Gasteiger partial charge in [0.2, 0.25) is 17.0 Å². The highest BCUT2D eigenvalue weighted by molar-refractivity contribution is 7.09. The highest BCUT2D eigenvalue weighted by atomic mass is 32.1. The van der Waals surface area contributed by atoms with Crippen LogP contribution in [-0.4, -0.2) is 26.0 Å². The predicted octanol–water partition coefficient (Wildman–Crippen LogP) is 0.158. The van der Waals surface area contributed by atoms with E-state index in [1.165, 1.54) is 17.9 Å².